The van der Waals surface area contributed by atoms with Gasteiger partial charge in [-0.05, 0) is 44.7 Å². The van der Waals surface area contributed by atoms with E-state index in [1.165, 1.54) is 0 Å². The Hall–Kier alpha value is -1.35. The maximum Gasteiger partial charge on any atom is 0.179 e. The number of hydrogen-bond donors (Lipinski definition) is 1. The topological polar surface area (TPSA) is 38.3 Å². The first kappa shape index (κ1) is 11.7. The number of methoxy groups -OCH3 is 1. The van der Waals surface area contributed by atoms with E-state index in [0.717, 1.165) is 16.9 Å². The molecule has 0 bridgehead atoms. The van der Waals surface area contributed by atoms with Gasteiger partial charge in [0.25, 0.3) is 0 Å². The van der Waals surface area contributed by atoms with Crippen molar-refractivity contribution in [2.45, 2.75) is 19.9 Å². The van der Waals surface area contributed by atoms with Crippen molar-refractivity contribution in [1.82, 2.24) is 5.32 Å². The van der Waals surface area contributed by atoms with Crippen LogP contribution in [0.2, 0.25) is 0 Å². The van der Waals surface area contributed by atoms with Crippen LogP contribution in [0.1, 0.15) is 22.8 Å². The minimum absolute atomic E-state index is 0.100. The van der Waals surface area contributed by atoms with Crippen LogP contribution in [0.5, 0.6) is 5.75 Å². The van der Waals surface area contributed by atoms with Gasteiger partial charge in [-0.2, -0.15) is 0 Å². The fourth-order valence-electron chi connectivity index (χ4n) is 1.41. The van der Waals surface area contributed by atoms with Crippen LogP contribution < -0.4 is 10.1 Å². The number of hydrogen-bond acceptors (Lipinski definition) is 3. The van der Waals surface area contributed by atoms with E-state index >= 15 is 0 Å². The number of aryl methyl sites for hydroxylation is 1. The highest BCUT2D eigenvalue weighted by molar-refractivity contribution is 6.00. The zero-order chi connectivity index (χ0) is 11.4. The van der Waals surface area contributed by atoms with Gasteiger partial charge in [-0.15, -0.1) is 0 Å². The molecule has 0 heterocycles. The summed E-state index contributed by atoms with van der Waals surface area (Å²) in [4.78, 5) is 11.8. The van der Waals surface area contributed by atoms with E-state index in [-0.39, 0.29) is 11.8 Å². The van der Waals surface area contributed by atoms with Gasteiger partial charge in [0.2, 0.25) is 0 Å². The summed E-state index contributed by atoms with van der Waals surface area (Å²) in [6, 6.07) is 5.32. The monoisotopic (exact) mass is 207 g/mol. The Bertz CT molecular complexity index is 361. The van der Waals surface area contributed by atoms with Gasteiger partial charge in [-0.25, -0.2) is 0 Å². The van der Waals surface area contributed by atoms with E-state index < -0.39 is 0 Å². The molecule has 15 heavy (non-hydrogen) atoms. The molecular weight excluding hydrogens is 190 g/mol. The molecule has 3 heteroatoms. The average Bonchev–Trinajstić information content (AvgIpc) is 2.26. The molecule has 1 atom stereocenters. The summed E-state index contributed by atoms with van der Waals surface area (Å²) in [5.41, 5.74) is 1.70. The lowest BCUT2D eigenvalue weighted by molar-refractivity contribution is 0.0955. The summed E-state index contributed by atoms with van der Waals surface area (Å²) in [5.74, 6) is 0.909. The lowest BCUT2D eigenvalue weighted by Crippen LogP contribution is -2.30. The second kappa shape index (κ2) is 4.94. The Morgan fingerprint density at radius 3 is 2.60 bits per heavy atom. The zero-order valence-corrected chi connectivity index (χ0v) is 9.63. The van der Waals surface area contributed by atoms with Gasteiger partial charge in [0, 0.05) is 5.56 Å². The summed E-state index contributed by atoms with van der Waals surface area (Å²) in [5, 5.41) is 2.93. The number of ketones is 1. The van der Waals surface area contributed by atoms with Crippen molar-refractivity contribution in [2.75, 3.05) is 14.2 Å². The first-order valence-corrected chi connectivity index (χ1v) is 4.96. The number of nitrogens with one attached hydrogen (secondary N) is 1. The molecule has 0 saturated heterocycles. The Kier molecular flexibility index (Phi) is 3.86. The van der Waals surface area contributed by atoms with Crippen molar-refractivity contribution in [2.24, 2.45) is 0 Å². The van der Waals surface area contributed by atoms with Gasteiger partial charge >= 0.3 is 0 Å². The van der Waals surface area contributed by atoms with Gasteiger partial charge in [0.1, 0.15) is 5.75 Å². The minimum atomic E-state index is -0.155. The van der Waals surface area contributed by atoms with Crippen LogP contribution in [0, 0.1) is 6.92 Å². The van der Waals surface area contributed by atoms with Crippen LogP contribution >= 0.6 is 0 Å². The van der Waals surface area contributed by atoms with Crippen LogP contribution in [0.15, 0.2) is 18.2 Å². The van der Waals surface area contributed by atoms with Crippen LogP contribution in [-0.4, -0.2) is 26.0 Å². The van der Waals surface area contributed by atoms with E-state index in [1.54, 1.807) is 20.2 Å². The number of carbonyl (C=O) groups excluding carboxylic acids is 1. The Labute approximate surface area is 90.4 Å². The molecule has 0 spiro atoms. The van der Waals surface area contributed by atoms with Crippen LogP contribution in [0.25, 0.3) is 0 Å². The highest BCUT2D eigenvalue weighted by atomic mass is 16.5. The summed E-state index contributed by atoms with van der Waals surface area (Å²) in [6.07, 6.45) is 0. The maximum absolute atomic E-state index is 11.8. The summed E-state index contributed by atoms with van der Waals surface area (Å²) >= 11 is 0. The predicted molar refractivity (Wildman–Crippen MR) is 60.6 cm³/mol. The molecule has 3 nitrogen and oxygen atoms in total. The van der Waals surface area contributed by atoms with E-state index in [9.17, 15) is 4.79 Å². The van der Waals surface area contributed by atoms with Crippen molar-refractivity contribution < 1.29 is 9.53 Å². The molecule has 1 aromatic carbocycles. The molecule has 0 aliphatic carbocycles. The molecule has 1 unspecified atom stereocenters. The number of benzene rings is 1. The third-order valence-corrected chi connectivity index (χ3v) is 2.51. The Morgan fingerprint density at radius 2 is 2.13 bits per heavy atom. The van der Waals surface area contributed by atoms with Crippen molar-refractivity contribution >= 4 is 5.78 Å². The number of Topliss-reactive ketones (excluding diaryl/α,β-unsaturated/α-hetero) is 1. The number of ether oxygens (including phenoxy) is 1. The third kappa shape index (κ3) is 2.57. The molecular formula is C12H17NO2. The van der Waals surface area contributed by atoms with Crippen LogP contribution in [0.4, 0.5) is 0 Å². The molecule has 0 aliphatic rings. The van der Waals surface area contributed by atoms with E-state index in [2.05, 4.69) is 5.32 Å². The van der Waals surface area contributed by atoms with E-state index in [1.807, 2.05) is 26.0 Å². The largest absolute Gasteiger partial charge is 0.496 e. The van der Waals surface area contributed by atoms with Gasteiger partial charge < -0.3 is 10.1 Å². The van der Waals surface area contributed by atoms with Gasteiger partial charge in [-0.1, -0.05) is 0 Å². The zero-order valence-electron chi connectivity index (χ0n) is 9.63. The molecule has 0 aliphatic heterocycles. The number of carbonyl (C=O) groups is 1. The fourth-order valence-corrected chi connectivity index (χ4v) is 1.41. The van der Waals surface area contributed by atoms with Crippen LogP contribution in [0.3, 0.4) is 0 Å². The maximum atomic E-state index is 11.8. The minimum Gasteiger partial charge on any atom is -0.496 e. The van der Waals surface area contributed by atoms with E-state index in [0.29, 0.717) is 0 Å². The Morgan fingerprint density at radius 1 is 1.47 bits per heavy atom. The van der Waals surface area contributed by atoms with Crippen molar-refractivity contribution in [3.8, 4) is 5.75 Å². The molecule has 0 radical (unpaired) electrons. The quantitative estimate of drug-likeness (QED) is 0.765. The molecule has 0 aromatic heterocycles. The van der Waals surface area contributed by atoms with Gasteiger partial charge in [0.05, 0.1) is 13.2 Å². The lowest BCUT2D eigenvalue weighted by atomic mass is 10.0. The molecule has 82 valence electrons. The first-order valence-electron chi connectivity index (χ1n) is 4.96. The van der Waals surface area contributed by atoms with Crippen LogP contribution in [-0.2, 0) is 0 Å². The predicted octanol–water partition coefficient (Wildman–Crippen LogP) is 1.79. The van der Waals surface area contributed by atoms with Gasteiger partial charge in [-0.3, -0.25) is 4.79 Å². The number of rotatable bonds is 4. The summed E-state index contributed by atoms with van der Waals surface area (Å²) < 4.78 is 5.14. The molecule has 0 fully saturated rings. The first-order chi connectivity index (χ1) is 7.10. The highest BCUT2D eigenvalue weighted by Crippen LogP contribution is 2.19. The van der Waals surface area contributed by atoms with Crippen molar-refractivity contribution in [3.05, 3.63) is 29.3 Å². The van der Waals surface area contributed by atoms with Gasteiger partial charge in [0.15, 0.2) is 5.78 Å². The second-order valence-corrected chi connectivity index (χ2v) is 3.56. The normalized spacial score (nSPS) is 12.3. The molecule has 1 aromatic rings. The van der Waals surface area contributed by atoms with E-state index in [4.69, 9.17) is 4.74 Å². The highest BCUT2D eigenvalue weighted by Gasteiger charge is 2.13. The summed E-state index contributed by atoms with van der Waals surface area (Å²) in [6.45, 7) is 3.78. The second-order valence-electron chi connectivity index (χ2n) is 3.56. The fraction of sp³-hybridized carbons (Fsp3) is 0.417. The molecule has 0 saturated carbocycles. The standard InChI is InChI=1S/C12H17NO2/c1-8-7-10(5-6-11(8)15-4)12(14)9(2)13-3/h5-7,9,13H,1-4H3. The Balaban J connectivity index is 2.97. The summed E-state index contributed by atoms with van der Waals surface area (Å²) in [7, 11) is 3.40. The average molecular weight is 207 g/mol. The molecule has 1 N–H and O–H groups in total. The molecule has 1 rings (SSSR count). The SMILES string of the molecule is CNC(C)C(=O)c1ccc(OC)c(C)c1. The smallest absolute Gasteiger partial charge is 0.179 e. The molecule has 0 amide bonds. The van der Waals surface area contributed by atoms with Crippen molar-refractivity contribution in [1.29, 1.82) is 0 Å². The van der Waals surface area contributed by atoms with Crippen molar-refractivity contribution in [3.63, 3.8) is 0 Å². The number of likely N-dealkylation sites (N-methyl/N-ethyl adjacent to an activating group) is 1. The third-order valence-electron chi connectivity index (χ3n) is 2.51. The lowest BCUT2D eigenvalue weighted by Gasteiger charge is -2.11.